The second-order valence-corrected chi connectivity index (χ2v) is 8.81. The predicted octanol–water partition coefficient (Wildman–Crippen LogP) is 3.46. The summed E-state index contributed by atoms with van der Waals surface area (Å²) in [5.41, 5.74) is 4.46. The summed E-state index contributed by atoms with van der Waals surface area (Å²) in [6, 6.07) is 16.1. The fourth-order valence-electron chi connectivity index (χ4n) is 3.62. The maximum absolute atomic E-state index is 12.6. The molecule has 32 heavy (non-hydrogen) atoms. The van der Waals surface area contributed by atoms with Crippen molar-refractivity contribution in [1.29, 1.82) is 0 Å². The Bertz CT molecular complexity index is 985. The van der Waals surface area contributed by atoms with Gasteiger partial charge in [0.2, 0.25) is 0 Å². The first-order valence-electron chi connectivity index (χ1n) is 10.3. The van der Waals surface area contributed by atoms with Gasteiger partial charge >= 0.3 is 12.1 Å². The number of carboxylic acid groups (broad SMARTS) is 1. The summed E-state index contributed by atoms with van der Waals surface area (Å²) in [6.07, 6.45) is -0.649. The molecule has 8 heteroatoms. The quantitative estimate of drug-likeness (QED) is 0.542. The molecule has 170 valence electrons. The highest BCUT2D eigenvalue weighted by atomic mass is 16.7. The molecule has 0 bridgehead atoms. The third-order valence-electron chi connectivity index (χ3n) is 6.25. The molecule has 0 unspecified atom stereocenters. The second kappa shape index (κ2) is 9.00. The van der Waals surface area contributed by atoms with Gasteiger partial charge in [-0.15, -0.1) is 0 Å². The van der Waals surface area contributed by atoms with E-state index in [1.54, 1.807) is 27.7 Å². The van der Waals surface area contributed by atoms with Crippen LogP contribution in [0.3, 0.4) is 0 Å². The van der Waals surface area contributed by atoms with Crippen LogP contribution in [0.15, 0.2) is 48.5 Å². The average Bonchev–Trinajstić information content (AvgIpc) is 3.05. The monoisotopic (exact) mass is 440 g/mol. The summed E-state index contributed by atoms with van der Waals surface area (Å²) in [5.74, 6) is -1.85. The molecule has 0 aliphatic heterocycles. The maximum Gasteiger partial charge on any atom is 0.407 e. The van der Waals surface area contributed by atoms with Crippen LogP contribution in [0.2, 0.25) is 0 Å². The van der Waals surface area contributed by atoms with Gasteiger partial charge in [-0.3, -0.25) is 9.63 Å². The molecule has 0 spiro atoms. The molecule has 2 amide bonds. The highest BCUT2D eigenvalue weighted by molar-refractivity contribution is 5.84. The van der Waals surface area contributed by atoms with E-state index in [0.29, 0.717) is 0 Å². The Kier molecular flexibility index (Phi) is 6.55. The van der Waals surface area contributed by atoms with E-state index < -0.39 is 35.5 Å². The van der Waals surface area contributed by atoms with E-state index in [0.717, 1.165) is 22.3 Å². The van der Waals surface area contributed by atoms with Crippen LogP contribution in [0.25, 0.3) is 11.1 Å². The molecule has 2 aromatic carbocycles. The number of carbonyl (C=O) groups is 3. The van der Waals surface area contributed by atoms with E-state index in [-0.39, 0.29) is 12.5 Å². The number of amides is 2. The zero-order valence-corrected chi connectivity index (χ0v) is 18.6. The van der Waals surface area contributed by atoms with E-state index >= 15 is 0 Å². The Morgan fingerprint density at radius 2 is 1.47 bits per heavy atom. The summed E-state index contributed by atoms with van der Waals surface area (Å²) in [5, 5.41) is 11.4. The smallest absolute Gasteiger partial charge is 0.407 e. The number of carboxylic acids is 1. The van der Waals surface area contributed by atoms with E-state index in [9.17, 15) is 14.4 Å². The number of hydroxylamine groups is 1. The van der Waals surface area contributed by atoms with Crippen LogP contribution in [-0.2, 0) is 19.2 Å². The van der Waals surface area contributed by atoms with E-state index in [1.807, 2.05) is 36.4 Å². The van der Waals surface area contributed by atoms with Gasteiger partial charge in [-0.05, 0) is 49.9 Å². The highest BCUT2D eigenvalue weighted by Crippen LogP contribution is 2.44. The molecule has 0 saturated carbocycles. The van der Waals surface area contributed by atoms with Crippen LogP contribution in [-0.4, -0.2) is 41.8 Å². The molecule has 3 rings (SSSR count). The Hall–Kier alpha value is -3.39. The van der Waals surface area contributed by atoms with Gasteiger partial charge in [0.25, 0.3) is 5.91 Å². The fourth-order valence-corrected chi connectivity index (χ4v) is 3.62. The molecule has 0 radical (unpaired) electrons. The summed E-state index contributed by atoms with van der Waals surface area (Å²) in [7, 11) is 0. The molecular weight excluding hydrogens is 412 g/mol. The van der Waals surface area contributed by atoms with E-state index in [1.165, 1.54) is 0 Å². The van der Waals surface area contributed by atoms with Crippen LogP contribution in [0.5, 0.6) is 0 Å². The maximum atomic E-state index is 12.6. The number of hydrogen-bond donors (Lipinski definition) is 3. The summed E-state index contributed by atoms with van der Waals surface area (Å²) >= 11 is 0. The van der Waals surface area contributed by atoms with Crippen LogP contribution >= 0.6 is 0 Å². The number of benzene rings is 2. The Labute approximate surface area is 186 Å². The molecule has 2 aromatic rings. The molecular formula is C24H28N2O6. The molecule has 0 atom stereocenters. The van der Waals surface area contributed by atoms with Crippen LogP contribution in [0.1, 0.15) is 44.7 Å². The van der Waals surface area contributed by atoms with Crippen molar-refractivity contribution in [3.8, 4) is 11.1 Å². The minimum absolute atomic E-state index is 0.0722. The third-order valence-corrected chi connectivity index (χ3v) is 6.25. The van der Waals surface area contributed by atoms with Gasteiger partial charge < -0.3 is 15.2 Å². The lowest BCUT2D eigenvalue weighted by Gasteiger charge is -2.40. The third kappa shape index (κ3) is 4.60. The second-order valence-electron chi connectivity index (χ2n) is 8.81. The molecule has 3 N–H and O–H groups in total. The van der Waals surface area contributed by atoms with Gasteiger partial charge in [0.15, 0.2) is 6.61 Å². The van der Waals surface area contributed by atoms with Gasteiger partial charge in [0.1, 0.15) is 6.61 Å². The molecule has 0 saturated heterocycles. The number of nitrogens with one attached hydrogen (secondary N) is 2. The van der Waals surface area contributed by atoms with Crippen molar-refractivity contribution in [2.75, 3.05) is 13.2 Å². The lowest BCUT2D eigenvalue weighted by molar-refractivity contribution is -0.154. The summed E-state index contributed by atoms with van der Waals surface area (Å²) in [4.78, 5) is 40.4. The summed E-state index contributed by atoms with van der Waals surface area (Å²) < 4.78 is 5.57. The lowest BCUT2D eigenvalue weighted by Crippen LogP contribution is -2.59. The van der Waals surface area contributed by atoms with Gasteiger partial charge in [0, 0.05) is 5.92 Å². The number of hydrogen-bond acceptors (Lipinski definition) is 5. The van der Waals surface area contributed by atoms with Crippen LogP contribution in [0, 0.1) is 5.41 Å². The number of fused-ring (bicyclic) bond motifs is 3. The number of aliphatic carboxylic acids is 1. The van der Waals surface area contributed by atoms with Crippen molar-refractivity contribution < 1.29 is 29.1 Å². The number of alkyl carbamates (subject to hydrolysis) is 1. The topological polar surface area (TPSA) is 114 Å². The van der Waals surface area contributed by atoms with Gasteiger partial charge in [-0.2, -0.15) is 0 Å². The van der Waals surface area contributed by atoms with Crippen molar-refractivity contribution in [1.82, 2.24) is 10.8 Å². The number of rotatable bonds is 8. The Balaban J connectivity index is 1.64. The Morgan fingerprint density at radius 1 is 0.938 bits per heavy atom. The minimum Gasteiger partial charge on any atom is -0.479 e. The van der Waals surface area contributed by atoms with Crippen LogP contribution in [0.4, 0.5) is 4.79 Å². The predicted molar refractivity (Wildman–Crippen MR) is 118 cm³/mol. The number of carbonyl (C=O) groups excluding carboxylic acids is 2. The van der Waals surface area contributed by atoms with Gasteiger partial charge in [-0.25, -0.2) is 15.1 Å². The molecule has 8 nitrogen and oxygen atoms in total. The molecule has 1 aliphatic carbocycles. The first kappa shape index (κ1) is 23.3. The molecule has 0 aromatic heterocycles. The van der Waals surface area contributed by atoms with Gasteiger partial charge in [0.05, 0.1) is 11.0 Å². The summed E-state index contributed by atoms with van der Waals surface area (Å²) in [6.45, 7) is 6.11. The minimum atomic E-state index is -1.21. The average molecular weight is 440 g/mol. The van der Waals surface area contributed by atoms with Gasteiger partial charge in [-0.1, -0.05) is 48.5 Å². The Morgan fingerprint density at radius 3 is 2.00 bits per heavy atom. The van der Waals surface area contributed by atoms with Crippen molar-refractivity contribution in [3.05, 3.63) is 59.7 Å². The van der Waals surface area contributed by atoms with Crippen molar-refractivity contribution >= 4 is 18.0 Å². The highest BCUT2D eigenvalue weighted by Gasteiger charge is 2.45. The van der Waals surface area contributed by atoms with Crippen molar-refractivity contribution in [2.24, 2.45) is 5.41 Å². The largest absolute Gasteiger partial charge is 0.479 e. The van der Waals surface area contributed by atoms with Crippen molar-refractivity contribution in [2.45, 2.75) is 39.2 Å². The molecule has 0 heterocycles. The first-order valence-corrected chi connectivity index (χ1v) is 10.3. The zero-order chi connectivity index (χ0) is 23.5. The SMILES string of the molecule is CC(C)(NC(=O)OCC1c2ccccc2-c2ccccc21)C(C)(C)C(=O)NOCC(=O)O. The number of ether oxygens (including phenoxy) is 1. The first-order chi connectivity index (χ1) is 15.0. The standard InChI is InChI=1S/C24H28N2O6/c1-23(2,21(29)26-32-14-20(27)28)24(3,4)25-22(30)31-13-19-17-11-7-5-9-15(17)16-10-6-8-12-18(16)19/h5-12,19H,13-14H2,1-4H3,(H,25,30)(H,26,29)(H,27,28). The fraction of sp³-hybridized carbons (Fsp3) is 0.375. The van der Waals surface area contributed by atoms with E-state index in [2.05, 4.69) is 27.8 Å². The van der Waals surface area contributed by atoms with Crippen LogP contribution < -0.4 is 10.8 Å². The van der Waals surface area contributed by atoms with Crippen molar-refractivity contribution in [3.63, 3.8) is 0 Å². The molecule has 0 fully saturated rings. The normalized spacial score (nSPS) is 13.1. The van der Waals surface area contributed by atoms with E-state index in [4.69, 9.17) is 9.84 Å². The molecule has 1 aliphatic rings. The lowest BCUT2D eigenvalue weighted by atomic mass is 9.74. The zero-order valence-electron chi connectivity index (χ0n) is 18.6.